The summed E-state index contributed by atoms with van der Waals surface area (Å²) in [4.78, 5) is 29.7. The molecule has 6 nitrogen and oxygen atoms in total. The molecule has 188 valence electrons. The molecular formula is C22H30AlCl3O6Pd. The molecule has 0 radical (unpaired) electrons. The van der Waals surface area contributed by atoms with Gasteiger partial charge in [0.05, 0.1) is 24.4 Å². The van der Waals surface area contributed by atoms with E-state index < -0.39 is 11.4 Å². The summed E-state index contributed by atoms with van der Waals surface area (Å²) in [7, 11) is 14.8. The van der Waals surface area contributed by atoms with Crippen molar-refractivity contribution in [2.75, 3.05) is 0 Å². The SMILES string of the molecule is C=CC=O.O=CC1CC2C=CC1O2.O=CC1CC2CCC1O2.[C+]1=CC=CO1.[CH3-].[Cl][Al]([Cl])[Cl].[HH].[Pd]. The minimum Gasteiger partial charge on any atom is -0.374 e. The van der Waals surface area contributed by atoms with Crippen molar-refractivity contribution in [1.82, 2.24) is 0 Å². The van der Waals surface area contributed by atoms with Crippen LogP contribution < -0.4 is 0 Å². The van der Waals surface area contributed by atoms with Crippen molar-refractivity contribution in [3.8, 4) is 0 Å². The average Bonchev–Trinajstić information content (AvgIpc) is 3.61. The maximum atomic E-state index is 10.3. The van der Waals surface area contributed by atoms with Gasteiger partial charge in [0.25, 0.3) is 6.26 Å². The molecule has 0 aromatic heterocycles. The second-order valence-electron chi connectivity index (χ2n) is 6.82. The number of fused-ring (bicyclic) bond motifs is 4. The van der Waals surface area contributed by atoms with E-state index in [1.165, 1.54) is 12.5 Å². The van der Waals surface area contributed by atoms with Crippen LogP contribution in [0.15, 0.2) is 43.2 Å². The molecule has 11 heteroatoms. The van der Waals surface area contributed by atoms with Gasteiger partial charge in [0.15, 0.2) is 6.08 Å². The molecular weight excluding hydrogens is 600 g/mol. The molecule has 4 bridgehead atoms. The minimum absolute atomic E-state index is 0. The summed E-state index contributed by atoms with van der Waals surface area (Å²) in [5.41, 5.74) is 0. The Hall–Kier alpha value is -0.335. The first kappa shape index (κ1) is 34.8. The summed E-state index contributed by atoms with van der Waals surface area (Å²) >= 11 is -1.72. The number of carbonyl (C=O) groups is 3. The van der Waals surface area contributed by atoms with Gasteiger partial charge in [-0.15, -0.1) is 0 Å². The third-order valence-electron chi connectivity index (χ3n) is 4.75. The van der Waals surface area contributed by atoms with E-state index >= 15 is 0 Å². The van der Waals surface area contributed by atoms with E-state index in [-0.39, 0.29) is 59.4 Å². The Bertz CT molecular complexity index is 650. The third kappa shape index (κ3) is 14.6. The van der Waals surface area contributed by atoms with Crippen molar-refractivity contribution in [2.45, 2.75) is 50.1 Å². The summed E-state index contributed by atoms with van der Waals surface area (Å²) < 4.78 is 15.2. The molecule has 0 aliphatic carbocycles. The van der Waals surface area contributed by atoms with Crippen molar-refractivity contribution >= 4 is 60.4 Å². The maximum absolute atomic E-state index is 10.3. The van der Waals surface area contributed by atoms with E-state index in [0.717, 1.165) is 31.8 Å². The Morgan fingerprint density at radius 1 is 1.03 bits per heavy atom. The number of hydrogen-bond donors (Lipinski definition) is 0. The Labute approximate surface area is 228 Å². The van der Waals surface area contributed by atoms with Gasteiger partial charge in [-0.3, -0.25) is 9.53 Å². The number of ether oxygens (including phenoxy) is 3. The van der Waals surface area contributed by atoms with Crippen molar-refractivity contribution in [2.24, 2.45) is 11.8 Å². The molecule has 5 aliphatic rings. The van der Waals surface area contributed by atoms with Gasteiger partial charge in [0.1, 0.15) is 24.9 Å². The average molecular weight is 630 g/mol. The zero-order valence-corrected chi connectivity index (χ0v) is 23.1. The molecule has 0 aromatic rings. The van der Waals surface area contributed by atoms with E-state index in [1.807, 2.05) is 12.2 Å². The van der Waals surface area contributed by atoms with Crippen LogP contribution in [0.2, 0.25) is 0 Å². The minimum atomic E-state index is -1.72. The smallest absolute Gasteiger partial charge is 0.374 e. The Balaban J connectivity index is -0.000000363. The van der Waals surface area contributed by atoms with Gasteiger partial charge in [-0.25, -0.2) is 30.1 Å². The van der Waals surface area contributed by atoms with E-state index in [0.29, 0.717) is 12.4 Å². The summed E-state index contributed by atoms with van der Waals surface area (Å²) in [6, 6.07) is 0. The Kier molecular flexibility index (Phi) is 22.2. The number of allylic oxidation sites excluding steroid dienone is 3. The van der Waals surface area contributed by atoms with Gasteiger partial charge in [0.2, 0.25) is 6.26 Å². The predicted octanol–water partition coefficient (Wildman–Crippen LogP) is 4.88. The summed E-state index contributed by atoms with van der Waals surface area (Å²) in [6.45, 7) is 3.11. The topological polar surface area (TPSA) is 78.9 Å². The molecule has 33 heavy (non-hydrogen) atoms. The van der Waals surface area contributed by atoms with Gasteiger partial charge < -0.3 is 26.5 Å². The van der Waals surface area contributed by atoms with E-state index in [1.54, 1.807) is 18.4 Å². The molecule has 6 unspecified atom stereocenters. The first-order chi connectivity index (χ1) is 14.9. The van der Waals surface area contributed by atoms with Crippen LogP contribution in [0.5, 0.6) is 0 Å². The van der Waals surface area contributed by atoms with Crippen LogP contribution >= 0.6 is 30.1 Å². The fourth-order valence-electron chi connectivity index (χ4n) is 3.46. The van der Waals surface area contributed by atoms with Crippen molar-refractivity contribution in [3.05, 3.63) is 56.9 Å². The van der Waals surface area contributed by atoms with E-state index in [2.05, 4.69) is 17.6 Å². The summed E-state index contributed by atoms with van der Waals surface area (Å²) in [6.07, 6.45) is 20.6. The van der Waals surface area contributed by atoms with Crippen molar-refractivity contribution in [3.63, 3.8) is 0 Å². The molecule has 0 aromatic carbocycles. The van der Waals surface area contributed by atoms with Gasteiger partial charge in [-0.2, -0.15) is 0 Å². The molecule has 3 fully saturated rings. The second-order valence-corrected chi connectivity index (χ2v) is 13.3. The molecule has 5 aliphatic heterocycles. The molecule has 3 saturated heterocycles. The number of aldehydes is 3. The van der Waals surface area contributed by atoms with Crippen LogP contribution in [-0.4, -0.2) is 54.7 Å². The Morgan fingerprint density at radius 2 is 1.67 bits per heavy atom. The van der Waals surface area contributed by atoms with Crippen LogP contribution in [0.1, 0.15) is 27.1 Å². The van der Waals surface area contributed by atoms with Gasteiger partial charge in [-0.05, 0) is 31.8 Å². The van der Waals surface area contributed by atoms with Crippen molar-refractivity contribution in [1.29, 1.82) is 0 Å². The molecule has 5 rings (SSSR count). The van der Waals surface area contributed by atoms with Gasteiger partial charge >= 0.3 is 11.4 Å². The predicted molar refractivity (Wildman–Crippen MR) is 130 cm³/mol. The second kappa shape index (κ2) is 21.0. The third-order valence-corrected chi connectivity index (χ3v) is 4.75. The summed E-state index contributed by atoms with van der Waals surface area (Å²) in [5, 5.41) is 0. The molecule has 6 atom stereocenters. The standard InChI is InChI=1S/C7H10O2.C7H8O2.C4H3O.C3H4O.CH3.Al.3ClH.Pd.H2/c2*8-4-5-3-6-1-2-7(5)9-6;1-2-4-5-3-1;1-2-3-4;;;;;;;/h4-7H,1-3H2;1-2,4-7H,3H2;1-3H;2-3H,1H2;1H3;;3*1H;;1H/q;;+1;;-1;+3;;;;;/p-3. The quantitative estimate of drug-likeness (QED) is 0.146. The zero-order chi connectivity index (χ0) is 23.1. The van der Waals surface area contributed by atoms with Crippen LogP contribution in [-0.2, 0) is 49.0 Å². The fourth-order valence-corrected chi connectivity index (χ4v) is 3.46. The number of halogens is 3. The molecule has 0 spiro atoms. The van der Waals surface area contributed by atoms with Crippen LogP contribution in [0.3, 0.4) is 0 Å². The van der Waals surface area contributed by atoms with Crippen LogP contribution in [0.25, 0.3) is 0 Å². The zero-order valence-electron chi connectivity index (χ0n) is 18.2. The first-order valence-corrected chi connectivity index (χ1v) is 15.0. The number of carbonyl (C=O) groups excluding carboxylic acids is 3. The van der Waals surface area contributed by atoms with Gasteiger partial charge in [0, 0.05) is 33.7 Å². The largest absolute Gasteiger partial charge is 0.643 e. The normalized spacial score (nSPS) is 29.2. The first-order valence-electron chi connectivity index (χ1n) is 9.72. The molecule has 5 heterocycles. The van der Waals surface area contributed by atoms with Crippen LogP contribution in [0.4, 0.5) is 0 Å². The summed E-state index contributed by atoms with van der Waals surface area (Å²) in [5.74, 6) is 0.365. The number of hydrogen-bond acceptors (Lipinski definition) is 6. The fraction of sp³-hybridized carbons (Fsp3) is 0.455. The van der Waals surface area contributed by atoms with Crippen LogP contribution in [0, 0.1) is 25.5 Å². The van der Waals surface area contributed by atoms with Gasteiger partial charge in [-0.1, -0.05) is 18.7 Å². The van der Waals surface area contributed by atoms with Crippen molar-refractivity contribution < 1.29 is 50.4 Å². The molecule has 0 amide bonds. The molecule has 0 saturated carbocycles. The monoisotopic (exact) mass is 628 g/mol. The number of rotatable bonds is 3. The van der Waals surface area contributed by atoms with E-state index in [4.69, 9.17) is 44.4 Å². The maximum Gasteiger partial charge on any atom is 0.643 e. The molecule has 0 N–H and O–H groups in total. The Morgan fingerprint density at radius 3 is 1.88 bits per heavy atom. The van der Waals surface area contributed by atoms with E-state index in [9.17, 15) is 9.59 Å².